The third-order valence-electron chi connectivity index (χ3n) is 3.01. The van der Waals surface area contributed by atoms with E-state index in [1.807, 2.05) is 0 Å². The summed E-state index contributed by atoms with van der Waals surface area (Å²) in [5.41, 5.74) is 1.54. The first-order valence-electron chi connectivity index (χ1n) is 6.10. The summed E-state index contributed by atoms with van der Waals surface area (Å²) in [6.07, 6.45) is 0.205. The lowest BCUT2D eigenvalue weighted by Crippen LogP contribution is -2.25. The Morgan fingerprint density at radius 1 is 1.35 bits per heavy atom. The minimum atomic E-state index is -0.850. The largest absolute Gasteiger partial charge is 0.496 e. The molecular formula is C15H17NO4. The van der Waals surface area contributed by atoms with Crippen molar-refractivity contribution >= 4 is 11.8 Å². The van der Waals surface area contributed by atoms with Crippen molar-refractivity contribution in [2.45, 2.75) is 19.9 Å². The van der Waals surface area contributed by atoms with Crippen LogP contribution in [0.25, 0.3) is 4.85 Å². The Morgan fingerprint density at radius 2 is 2.05 bits per heavy atom. The van der Waals surface area contributed by atoms with E-state index in [9.17, 15) is 9.59 Å². The first-order chi connectivity index (χ1) is 9.53. The van der Waals surface area contributed by atoms with Crippen LogP contribution in [0.4, 0.5) is 0 Å². The molecule has 0 aliphatic carbocycles. The molecule has 0 heterocycles. The Labute approximate surface area is 118 Å². The molecule has 1 unspecified atom stereocenters. The van der Waals surface area contributed by atoms with E-state index in [1.54, 1.807) is 18.2 Å². The van der Waals surface area contributed by atoms with Crippen molar-refractivity contribution in [1.82, 2.24) is 0 Å². The molecule has 5 heteroatoms. The Balaban J connectivity index is 3.09. The van der Waals surface area contributed by atoms with Crippen LogP contribution in [-0.4, -0.2) is 26.0 Å². The van der Waals surface area contributed by atoms with Crippen LogP contribution < -0.4 is 4.74 Å². The second-order valence-electron chi connectivity index (χ2n) is 4.35. The van der Waals surface area contributed by atoms with E-state index in [4.69, 9.17) is 11.3 Å². The molecule has 106 valence electrons. The van der Waals surface area contributed by atoms with E-state index in [1.165, 1.54) is 21.1 Å². The van der Waals surface area contributed by atoms with Gasteiger partial charge < -0.3 is 14.3 Å². The highest BCUT2D eigenvalue weighted by atomic mass is 16.5. The maximum Gasteiger partial charge on any atom is 0.316 e. The van der Waals surface area contributed by atoms with E-state index < -0.39 is 11.9 Å². The van der Waals surface area contributed by atoms with Crippen molar-refractivity contribution < 1.29 is 19.1 Å². The molecule has 0 aromatic heterocycles. The first kappa shape index (κ1) is 15.7. The number of rotatable bonds is 6. The molecule has 0 saturated carbocycles. The van der Waals surface area contributed by atoms with Gasteiger partial charge in [-0.3, -0.25) is 9.59 Å². The zero-order valence-electron chi connectivity index (χ0n) is 11.8. The van der Waals surface area contributed by atoms with Gasteiger partial charge in [0.05, 0.1) is 14.2 Å². The Morgan fingerprint density at radius 3 is 2.55 bits per heavy atom. The lowest BCUT2D eigenvalue weighted by molar-refractivity contribution is -0.148. The Kier molecular flexibility index (Phi) is 5.73. The average Bonchev–Trinajstić information content (AvgIpc) is 2.44. The van der Waals surface area contributed by atoms with Crippen LogP contribution in [0.1, 0.15) is 18.1 Å². The van der Waals surface area contributed by atoms with Gasteiger partial charge in [-0.1, -0.05) is 0 Å². The lowest BCUT2D eigenvalue weighted by Gasteiger charge is -2.14. The number of carbonyl (C=O) groups excluding carboxylic acids is 2. The summed E-state index contributed by atoms with van der Waals surface area (Å²) >= 11 is 0. The minimum Gasteiger partial charge on any atom is -0.496 e. The van der Waals surface area contributed by atoms with Crippen LogP contribution >= 0.6 is 0 Å². The molecule has 1 atom stereocenters. The SMILES string of the molecule is [C-]#[N+]Cc1ccc(OC)c(CC(C(C)=O)C(=O)OC)c1. The molecule has 20 heavy (non-hydrogen) atoms. The summed E-state index contributed by atoms with van der Waals surface area (Å²) in [6, 6.07) is 5.32. The van der Waals surface area contributed by atoms with Gasteiger partial charge in [-0.2, -0.15) is 0 Å². The summed E-state index contributed by atoms with van der Waals surface area (Å²) in [5.74, 6) is -1.07. The van der Waals surface area contributed by atoms with Crippen LogP contribution in [0.5, 0.6) is 5.75 Å². The number of Topliss-reactive ketones (excluding diaryl/α,β-unsaturated/α-hetero) is 1. The second kappa shape index (κ2) is 7.29. The van der Waals surface area contributed by atoms with Crippen LogP contribution in [0, 0.1) is 12.5 Å². The van der Waals surface area contributed by atoms with E-state index in [0.29, 0.717) is 5.75 Å². The number of hydrogen-bond acceptors (Lipinski definition) is 4. The Bertz CT molecular complexity index is 545. The third kappa shape index (κ3) is 3.82. The summed E-state index contributed by atoms with van der Waals surface area (Å²) in [5, 5.41) is 0. The highest BCUT2D eigenvalue weighted by Gasteiger charge is 2.26. The number of methoxy groups -OCH3 is 2. The van der Waals surface area contributed by atoms with Crippen molar-refractivity contribution in [2.75, 3.05) is 14.2 Å². The summed E-state index contributed by atoms with van der Waals surface area (Å²) in [4.78, 5) is 26.5. The molecule has 0 aliphatic rings. The van der Waals surface area contributed by atoms with Crippen LogP contribution in [0.3, 0.4) is 0 Å². The van der Waals surface area contributed by atoms with Crippen LogP contribution in [0.15, 0.2) is 18.2 Å². The van der Waals surface area contributed by atoms with E-state index in [-0.39, 0.29) is 18.7 Å². The maximum atomic E-state index is 11.6. The monoisotopic (exact) mass is 275 g/mol. The molecule has 0 radical (unpaired) electrons. The van der Waals surface area contributed by atoms with Gasteiger partial charge in [-0.25, -0.2) is 6.57 Å². The number of carbonyl (C=O) groups is 2. The second-order valence-corrected chi connectivity index (χ2v) is 4.35. The summed E-state index contributed by atoms with van der Waals surface area (Å²) in [6.45, 7) is 8.49. The van der Waals surface area contributed by atoms with Gasteiger partial charge in [0.1, 0.15) is 17.5 Å². The van der Waals surface area contributed by atoms with Crippen molar-refractivity contribution in [2.24, 2.45) is 5.92 Å². The molecule has 5 nitrogen and oxygen atoms in total. The molecule has 0 bridgehead atoms. The molecule has 1 aromatic carbocycles. The molecule has 0 spiro atoms. The average molecular weight is 275 g/mol. The molecule has 0 N–H and O–H groups in total. The molecule has 0 saturated heterocycles. The fraction of sp³-hybridized carbons (Fsp3) is 0.400. The predicted octanol–water partition coefficient (Wildman–Crippen LogP) is 2.04. The highest BCUT2D eigenvalue weighted by molar-refractivity contribution is 5.98. The molecule has 0 aliphatic heterocycles. The van der Waals surface area contributed by atoms with E-state index in [0.717, 1.165) is 11.1 Å². The van der Waals surface area contributed by atoms with Gasteiger partial charge in [0, 0.05) is 5.56 Å². The molecule has 0 amide bonds. The van der Waals surface area contributed by atoms with E-state index in [2.05, 4.69) is 9.58 Å². The number of esters is 1. The zero-order chi connectivity index (χ0) is 15.1. The molecular weight excluding hydrogens is 258 g/mol. The number of nitrogens with zero attached hydrogens (tertiary/aromatic N) is 1. The quantitative estimate of drug-likeness (QED) is 0.453. The number of ether oxygens (including phenoxy) is 2. The predicted molar refractivity (Wildman–Crippen MR) is 73.2 cm³/mol. The van der Waals surface area contributed by atoms with E-state index >= 15 is 0 Å². The van der Waals surface area contributed by atoms with Gasteiger partial charge in [-0.05, 0) is 37.1 Å². The van der Waals surface area contributed by atoms with Crippen molar-refractivity contribution in [3.8, 4) is 5.75 Å². The lowest BCUT2D eigenvalue weighted by atomic mass is 9.94. The van der Waals surface area contributed by atoms with Gasteiger partial charge in [0.15, 0.2) is 0 Å². The van der Waals surface area contributed by atoms with Crippen molar-refractivity contribution in [1.29, 1.82) is 0 Å². The molecule has 1 rings (SSSR count). The van der Waals surface area contributed by atoms with Crippen molar-refractivity contribution in [3.05, 3.63) is 40.7 Å². The smallest absolute Gasteiger partial charge is 0.316 e. The number of hydrogen-bond donors (Lipinski definition) is 0. The van der Waals surface area contributed by atoms with Gasteiger partial charge in [0.25, 0.3) is 0 Å². The summed E-state index contributed by atoms with van der Waals surface area (Å²) in [7, 11) is 2.78. The normalized spacial score (nSPS) is 11.3. The Hall–Kier alpha value is -2.35. The standard InChI is InChI=1S/C15H17NO4/c1-10(17)13(15(18)20-4)8-12-7-11(9-16-2)5-6-14(12)19-3/h5-7,13H,8-9H2,1,3-4H3. The highest BCUT2D eigenvalue weighted by Crippen LogP contribution is 2.24. The molecule has 0 fully saturated rings. The van der Waals surface area contributed by atoms with Crippen molar-refractivity contribution in [3.63, 3.8) is 0 Å². The third-order valence-corrected chi connectivity index (χ3v) is 3.01. The fourth-order valence-corrected chi connectivity index (χ4v) is 1.94. The fourth-order valence-electron chi connectivity index (χ4n) is 1.94. The van der Waals surface area contributed by atoms with Crippen LogP contribution in [-0.2, 0) is 27.3 Å². The zero-order valence-corrected chi connectivity index (χ0v) is 11.8. The molecule has 1 aromatic rings. The maximum absolute atomic E-state index is 11.6. The number of benzene rings is 1. The van der Waals surface area contributed by atoms with Gasteiger partial charge >= 0.3 is 5.97 Å². The first-order valence-corrected chi connectivity index (χ1v) is 6.10. The van der Waals surface area contributed by atoms with Gasteiger partial charge in [0.2, 0.25) is 6.54 Å². The van der Waals surface area contributed by atoms with Gasteiger partial charge in [-0.15, -0.1) is 0 Å². The van der Waals surface area contributed by atoms with Crippen LogP contribution in [0.2, 0.25) is 0 Å². The topological polar surface area (TPSA) is 57.0 Å². The number of ketones is 1. The summed E-state index contributed by atoms with van der Waals surface area (Å²) < 4.78 is 9.88. The minimum absolute atomic E-state index is 0.205.